The number of nitrogens with two attached hydrogens (primary N) is 1. The van der Waals surface area contributed by atoms with Crippen molar-refractivity contribution in [2.45, 2.75) is 26.4 Å². The first kappa shape index (κ1) is 11.0. The second kappa shape index (κ2) is 4.00. The summed E-state index contributed by atoms with van der Waals surface area (Å²) in [6, 6.07) is 1.02. The Morgan fingerprint density at radius 1 is 1.60 bits per heavy atom. The van der Waals surface area contributed by atoms with Crippen LogP contribution in [0.3, 0.4) is 0 Å². The molecule has 1 aromatic heterocycles. The Balaban J connectivity index is 3.64. The quantitative estimate of drug-likeness (QED) is 0.721. The van der Waals surface area contributed by atoms with Crippen LogP contribution in [0.15, 0.2) is 15.8 Å². The Labute approximate surface area is 86.2 Å². The molecule has 1 rings (SSSR count). The summed E-state index contributed by atoms with van der Waals surface area (Å²) in [7, 11) is 0. The van der Waals surface area contributed by atoms with Gasteiger partial charge in [0.25, 0.3) is 5.56 Å². The van der Waals surface area contributed by atoms with E-state index in [4.69, 9.17) is 11.0 Å². The Morgan fingerprint density at radius 3 is 2.67 bits per heavy atom. The fourth-order valence-electron chi connectivity index (χ4n) is 1.27. The van der Waals surface area contributed by atoms with Crippen LogP contribution in [0, 0.1) is 11.3 Å². The molecule has 6 nitrogen and oxygen atoms in total. The first-order valence-corrected chi connectivity index (χ1v) is 4.54. The third-order valence-corrected chi connectivity index (χ3v) is 2.13. The van der Waals surface area contributed by atoms with Crippen molar-refractivity contribution < 1.29 is 0 Å². The van der Waals surface area contributed by atoms with E-state index in [1.807, 2.05) is 6.07 Å². The van der Waals surface area contributed by atoms with Gasteiger partial charge in [-0.15, -0.1) is 0 Å². The maximum atomic E-state index is 11.7. The van der Waals surface area contributed by atoms with Gasteiger partial charge in [-0.05, 0) is 13.8 Å². The normalized spacial score (nSPS) is 12.1. The van der Waals surface area contributed by atoms with Crippen LogP contribution in [-0.4, -0.2) is 9.13 Å². The number of nitriles is 1. The molecule has 0 aliphatic rings. The SMILES string of the molecule is CCn1cc(N)c(=O)n(C(C)C#N)c1=O. The third kappa shape index (κ3) is 1.76. The van der Waals surface area contributed by atoms with Gasteiger partial charge in [0.15, 0.2) is 0 Å². The van der Waals surface area contributed by atoms with Gasteiger partial charge >= 0.3 is 5.69 Å². The van der Waals surface area contributed by atoms with E-state index in [1.165, 1.54) is 17.7 Å². The molecule has 0 fully saturated rings. The molecule has 2 N–H and O–H groups in total. The van der Waals surface area contributed by atoms with E-state index in [0.717, 1.165) is 4.57 Å². The van der Waals surface area contributed by atoms with Crippen molar-refractivity contribution in [3.8, 4) is 6.07 Å². The van der Waals surface area contributed by atoms with Crippen molar-refractivity contribution in [3.05, 3.63) is 27.0 Å². The maximum absolute atomic E-state index is 11.7. The van der Waals surface area contributed by atoms with Crippen LogP contribution in [0.1, 0.15) is 19.9 Å². The van der Waals surface area contributed by atoms with Crippen molar-refractivity contribution in [2.75, 3.05) is 5.73 Å². The number of aromatic nitrogens is 2. The molecular weight excluding hydrogens is 196 g/mol. The van der Waals surface area contributed by atoms with Gasteiger partial charge in [0.1, 0.15) is 11.7 Å². The van der Waals surface area contributed by atoms with Crippen LogP contribution in [0.25, 0.3) is 0 Å². The summed E-state index contributed by atoms with van der Waals surface area (Å²) in [5.74, 6) is 0. The Morgan fingerprint density at radius 2 is 2.20 bits per heavy atom. The highest BCUT2D eigenvalue weighted by atomic mass is 16.2. The zero-order valence-corrected chi connectivity index (χ0v) is 8.60. The van der Waals surface area contributed by atoms with E-state index in [1.54, 1.807) is 6.92 Å². The first-order chi connectivity index (χ1) is 7.02. The highest BCUT2D eigenvalue weighted by Gasteiger charge is 2.13. The van der Waals surface area contributed by atoms with Crippen LogP contribution in [0.2, 0.25) is 0 Å². The van der Waals surface area contributed by atoms with Crippen LogP contribution >= 0.6 is 0 Å². The van der Waals surface area contributed by atoms with Crippen molar-refractivity contribution in [3.63, 3.8) is 0 Å². The van der Waals surface area contributed by atoms with E-state index >= 15 is 0 Å². The zero-order chi connectivity index (χ0) is 11.6. The standard InChI is InChI=1S/C9H12N4O2/c1-3-12-5-7(11)8(14)13(9(12)15)6(2)4-10/h5-6H,3,11H2,1-2H3. The number of hydrogen-bond donors (Lipinski definition) is 1. The summed E-state index contributed by atoms with van der Waals surface area (Å²) in [6.45, 7) is 3.64. The molecule has 1 unspecified atom stereocenters. The van der Waals surface area contributed by atoms with Gasteiger partial charge in [0, 0.05) is 12.7 Å². The average molecular weight is 208 g/mol. The number of rotatable bonds is 2. The lowest BCUT2D eigenvalue weighted by Gasteiger charge is -2.10. The second-order valence-corrected chi connectivity index (χ2v) is 3.13. The summed E-state index contributed by atoms with van der Waals surface area (Å²) in [4.78, 5) is 23.2. The molecule has 0 aliphatic carbocycles. The number of hydrogen-bond acceptors (Lipinski definition) is 4. The van der Waals surface area contributed by atoms with Gasteiger partial charge in [-0.3, -0.25) is 9.36 Å². The van der Waals surface area contributed by atoms with E-state index < -0.39 is 17.3 Å². The van der Waals surface area contributed by atoms with E-state index in [9.17, 15) is 9.59 Å². The fraction of sp³-hybridized carbons (Fsp3) is 0.444. The van der Waals surface area contributed by atoms with Crippen LogP contribution < -0.4 is 17.0 Å². The monoisotopic (exact) mass is 208 g/mol. The average Bonchev–Trinajstić information content (AvgIpc) is 2.23. The Kier molecular flexibility index (Phi) is 2.95. The molecule has 6 heteroatoms. The fourth-order valence-corrected chi connectivity index (χ4v) is 1.27. The highest BCUT2D eigenvalue weighted by molar-refractivity contribution is 5.31. The minimum absolute atomic E-state index is 0.0291. The highest BCUT2D eigenvalue weighted by Crippen LogP contribution is 1.98. The molecule has 1 aromatic rings. The number of aryl methyl sites for hydroxylation is 1. The van der Waals surface area contributed by atoms with Crippen LogP contribution in [0.4, 0.5) is 5.69 Å². The molecule has 0 amide bonds. The summed E-state index contributed by atoms with van der Waals surface area (Å²) < 4.78 is 2.16. The van der Waals surface area contributed by atoms with Gasteiger partial charge in [-0.2, -0.15) is 5.26 Å². The molecule has 1 atom stereocenters. The smallest absolute Gasteiger partial charge is 0.332 e. The zero-order valence-electron chi connectivity index (χ0n) is 8.60. The molecular formula is C9H12N4O2. The lowest BCUT2D eigenvalue weighted by Crippen LogP contribution is -2.41. The lowest BCUT2D eigenvalue weighted by atomic mass is 10.3. The molecule has 0 aromatic carbocycles. The predicted octanol–water partition coefficient (Wildman–Crippen LogP) is -0.303. The summed E-state index contributed by atoms with van der Waals surface area (Å²) in [5, 5.41) is 8.69. The van der Waals surface area contributed by atoms with Gasteiger partial charge in [0.05, 0.1) is 6.07 Å². The van der Waals surface area contributed by atoms with Gasteiger partial charge in [-0.1, -0.05) is 0 Å². The minimum Gasteiger partial charge on any atom is -0.393 e. The molecule has 1 heterocycles. The molecule has 0 radical (unpaired) electrons. The molecule has 0 aliphatic heterocycles. The summed E-state index contributed by atoms with van der Waals surface area (Å²) in [6.07, 6.45) is 1.30. The molecule has 0 spiro atoms. The maximum Gasteiger partial charge on any atom is 0.332 e. The Bertz CT molecular complexity index is 520. The first-order valence-electron chi connectivity index (χ1n) is 4.54. The van der Waals surface area contributed by atoms with Gasteiger partial charge in [0.2, 0.25) is 0 Å². The molecule has 15 heavy (non-hydrogen) atoms. The minimum atomic E-state index is -0.814. The summed E-state index contributed by atoms with van der Waals surface area (Å²) in [5.41, 5.74) is 4.31. The lowest BCUT2D eigenvalue weighted by molar-refractivity contribution is 0.551. The number of anilines is 1. The van der Waals surface area contributed by atoms with E-state index in [0.29, 0.717) is 6.54 Å². The van der Waals surface area contributed by atoms with Crippen LogP contribution in [-0.2, 0) is 6.54 Å². The molecule has 0 saturated carbocycles. The largest absolute Gasteiger partial charge is 0.393 e. The van der Waals surface area contributed by atoms with Crippen molar-refractivity contribution in [1.82, 2.24) is 9.13 Å². The van der Waals surface area contributed by atoms with Crippen molar-refractivity contribution >= 4 is 5.69 Å². The van der Waals surface area contributed by atoms with Crippen LogP contribution in [0.5, 0.6) is 0 Å². The topological polar surface area (TPSA) is 93.8 Å². The van der Waals surface area contributed by atoms with Gasteiger partial charge < -0.3 is 5.73 Å². The van der Waals surface area contributed by atoms with Crippen molar-refractivity contribution in [2.24, 2.45) is 0 Å². The number of nitrogens with zero attached hydrogens (tertiary/aromatic N) is 3. The Hall–Kier alpha value is -2.03. The predicted molar refractivity (Wildman–Crippen MR) is 55.4 cm³/mol. The molecule has 80 valence electrons. The second-order valence-electron chi connectivity index (χ2n) is 3.13. The molecule has 0 saturated heterocycles. The van der Waals surface area contributed by atoms with E-state index in [2.05, 4.69) is 0 Å². The number of nitrogen functional groups attached to an aromatic ring is 1. The van der Waals surface area contributed by atoms with Gasteiger partial charge in [-0.25, -0.2) is 9.36 Å². The summed E-state index contributed by atoms with van der Waals surface area (Å²) >= 11 is 0. The van der Waals surface area contributed by atoms with E-state index in [-0.39, 0.29) is 5.69 Å². The molecule has 0 bridgehead atoms. The van der Waals surface area contributed by atoms with Crippen molar-refractivity contribution in [1.29, 1.82) is 5.26 Å². The third-order valence-electron chi connectivity index (χ3n) is 2.13.